The van der Waals surface area contributed by atoms with E-state index in [2.05, 4.69) is 15.0 Å². The van der Waals surface area contributed by atoms with Crippen LogP contribution in [0.2, 0.25) is 0 Å². The molecule has 1 aromatic carbocycles. The van der Waals surface area contributed by atoms with Crippen molar-refractivity contribution >= 4 is 17.0 Å². The fraction of sp³-hybridized carbons (Fsp3) is 0.316. The van der Waals surface area contributed by atoms with Gasteiger partial charge >= 0.3 is 0 Å². The third kappa shape index (κ3) is 3.30. The lowest BCUT2D eigenvalue weighted by atomic mass is 10.0. The van der Waals surface area contributed by atoms with E-state index >= 15 is 0 Å². The van der Waals surface area contributed by atoms with Crippen LogP contribution < -0.4 is 5.73 Å². The van der Waals surface area contributed by atoms with Gasteiger partial charge in [-0.05, 0) is 25.5 Å². The van der Waals surface area contributed by atoms with Gasteiger partial charge in [-0.3, -0.25) is 0 Å². The largest absolute Gasteiger partial charge is 0.392 e. The van der Waals surface area contributed by atoms with E-state index in [0.717, 1.165) is 0 Å². The van der Waals surface area contributed by atoms with Gasteiger partial charge in [-0.2, -0.15) is 0 Å². The van der Waals surface area contributed by atoms with Crippen LogP contribution in [0.3, 0.4) is 0 Å². The van der Waals surface area contributed by atoms with Crippen LogP contribution in [0.5, 0.6) is 0 Å². The summed E-state index contributed by atoms with van der Waals surface area (Å²) in [5, 5.41) is 10.3. The molecule has 2 atom stereocenters. The number of aryl methyl sites for hydroxylation is 1. The molecule has 0 saturated carbocycles. The van der Waals surface area contributed by atoms with Crippen LogP contribution in [0.1, 0.15) is 32.0 Å². The van der Waals surface area contributed by atoms with Gasteiger partial charge < -0.3 is 15.4 Å². The average molecular weight is 355 g/mol. The normalized spacial score (nSPS) is 14.2. The Balaban J connectivity index is 2.07. The Morgan fingerprint density at radius 3 is 2.77 bits per heavy atom. The van der Waals surface area contributed by atoms with Gasteiger partial charge in [0.1, 0.15) is 17.5 Å². The van der Waals surface area contributed by atoms with Crippen LogP contribution in [0.25, 0.3) is 22.6 Å². The van der Waals surface area contributed by atoms with Gasteiger partial charge in [-0.25, -0.2) is 19.3 Å². The monoisotopic (exact) mass is 355 g/mol. The molecule has 2 unspecified atom stereocenters. The summed E-state index contributed by atoms with van der Waals surface area (Å²) in [7, 11) is 1.80. The summed E-state index contributed by atoms with van der Waals surface area (Å²) >= 11 is 0. The zero-order chi connectivity index (χ0) is 18.8. The Hall–Kier alpha value is -2.80. The van der Waals surface area contributed by atoms with E-state index in [-0.39, 0.29) is 17.6 Å². The lowest BCUT2D eigenvalue weighted by Gasteiger charge is -2.16. The zero-order valence-electron chi connectivity index (χ0n) is 15.0. The molecule has 0 spiro atoms. The first-order chi connectivity index (χ1) is 12.4. The quantitative estimate of drug-likeness (QED) is 0.686. The van der Waals surface area contributed by atoms with Crippen molar-refractivity contribution < 1.29 is 9.50 Å². The minimum Gasteiger partial charge on any atom is -0.392 e. The van der Waals surface area contributed by atoms with Crippen LogP contribution in [0.15, 0.2) is 36.4 Å². The van der Waals surface area contributed by atoms with Gasteiger partial charge in [0, 0.05) is 18.5 Å². The van der Waals surface area contributed by atoms with E-state index in [9.17, 15) is 9.50 Å². The molecule has 0 amide bonds. The second-order valence-electron chi connectivity index (χ2n) is 6.30. The number of aliphatic hydroxyl groups excluding tert-OH is 1. The van der Waals surface area contributed by atoms with Crippen molar-refractivity contribution in [2.45, 2.75) is 32.3 Å². The zero-order valence-corrected chi connectivity index (χ0v) is 15.0. The maximum Gasteiger partial charge on any atom is 0.166 e. The maximum absolute atomic E-state index is 13.6. The minimum atomic E-state index is -0.612. The summed E-state index contributed by atoms with van der Waals surface area (Å²) in [5.74, 6) is 0.634. The van der Waals surface area contributed by atoms with E-state index in [1.165, 1.54) is 12.1 Å². The number of rotatable bonds is 5. The van der Waals surface area contributed by atoms with Crippen LogP contribution in [-0.4, -0.2) is 30.7 Å². The summed E-state index contributed by atoms with van der Waals surface area (Å²) in [5.41, 5.74) is 7.74. The fourth-order valence-corrected chi connectivity index (χ4v) is 2.84. The summed E-state index contributed by atoms with van der Waals surface area (Å²) in [4.78, 5) is 13.4. The molecule has 6 nitrogen and oxygen atoms in total. The molecular formula is C19H22FN5O. The van der Waals surface area contributed by atoms with Crippen LogP contribution in [0, 0.1) is 5.82 Å². The number of fused-ring (bicyclic) bond motifs is 1. The van der Waals surface area contributed by atoms with E-state index in [0.29, 0.717) is 34.8 Å². The summed E-state index contributed by atoms with van der Waals surface area (Å²) in [6.07, 6.45) is 3.69. The molecule has 0 bridgehead atoms. The third-order valence-electron chi connectivity index (χ3n) is 4.44. The molecule has 26 heavy (non-hydrogen) atoms. The molecule has 7 heteroatoms. The number of aromatic nitrogens is 4. The minimum absolute atomic E-state index is 0.244. The van der Waals surface area contributed by atoms with Crippen molar-refractivity contribution in [1.29, 1.82) is 0 Å². The molecule has 0 radical (unpaired) electrons. The van der Waals surface area contributed by atoms with Gasteiger partial charge in [0.25, 0.3) is 0 Å². The van der Waals surface area contributed by atoms with Crippen LogP contribution in [-0.2, 0) is 7.05 Å². The number of imidazole rings is 1. The van der Waals surface area contributed by atoms with Gasteiger partial charge in [0.05, 0.1) is 6.10 Å². The van der Waals surface area contributed by atoms with Crippen molar-refractivity contribution in [3.63, 3.8) is 0 Å². The van der Waals surface area contributed by atoms with Gasteiger partial charge in [-0.15, -0.1) is 0 Å². The smallest absolute Gasteiger partial charge is 0.166 e. The SMILES string of the molecule is C/C=C/CC(O)C(C)c1nc(N)c2nc(-c3cccc(F)c3)n(C)c2n1. The molecule has 2 heterocycles. The molecule has 0 fully saturated rings. The lowest BCUT2D eigenvalue weighted by Crippen LogP contribution is -2.18. The molecule has 2 aromatic heterocycles. The number of benzene rings is 1. The number of hydrogen-bond donors (Lipinski definition) is 2. The van der Waals surface area contributed by atoms with Crippen molar-refractivity contribution in [3.05, 3.63) is 48.1 Å². The first-order valence-electron chi connectivity index (χ1n) is 8.47. The predicted octanol–water partition coefficient (Wildman–Crippen LogP) is 3.18. The number of anilines is 1. The number of nitrogen functional groups attached to an aromatic ring is 1. The highest BCUT2D eigenvalue weighted by molar-refractivity contribution is 5.85. The highest BCUT2D eigenvalue weighted by Crippen LogP contribution is 2.28. The number of allylic oxidation sites excluding steroid dienone is 1. The highest BCUT2D eigenvalue weighted by atomic mass is 19.1. The Labute approximate surface area is 151 Å². The summed E-state index contributed by atoms with van der Waals surface area (Å²) in [6, 6.07) is 6.20. The summed E-state index contributed by atoms with van der Waals surface area (Å²) < 4.78 is 15.3. The number of nitrogens with zero attached hydrogens (tertiary/aromatic N) is 4. The number of nitrogens with two attached hydrogens (primary N) is 1. The van der Waals surface area contributed by atoms with E-state index < -0.39 is 6.10 Å². The molecule has 3 aromatic rings. The number of halogens is 1. The second-order valence-corrected chi connectivity index (χ2v) is 6.30. The van der Waals surface area contributed by atoms with Gasteiger partial charge in [-0.1, -0.05) is 31.2 Å². The molecule has 3 N–H and O–H groups in total. The van der Waals surface area contributed by atoms with Crippen LogP contribution in [0.4, 0.5) is 10.2 Å². The predicted molar refractivity (Wildman–Crippen MR) is 100.0 cm³/mol. The van der Waals surface area contributed by atoms with Crippen molar-refractivity contribution in [2.24, 2.45) is 7.05 Å². The van der Waals surface area contributed by atoms with E-state index in [1.54, 1.807) is 23.7 Å². The molecule has 136 valence electrons. The van der Waals surface area contributed by atoms with Crippen molar-refractivity contribution in [3.8, 4) is 11.4 Å². The average Bonchev–Trinajstić information content (AvgIpc) is 2.96. The maximum atomic E-state index is 13.6. The van der Waals surface area contributed by atoms with E-state index in [1.807, 2.05) is 26.0 Å². The Kier molecular flexibility index (Phi) is 4.99. The third-order valence-corrected chi connectivity index (χ3v) is 4.44. The summed E-state index contributed by atoms with van der Waals surface area (Å²) in [6.45, 7) is 3.76. The first-order valence-corrected chi connectivity index (χ1v) is 8.47. The van der Waals surface area contributed by atoms with Crippen molar-refractivity contribution in [2.75, 3.05) is 5.73 Å². The van der Waals surface area contributed by atoms with Crippen LogP contribution >= 0.6 is 0 Å². The Morgan fingerprint density at radius 2 is 2.08 bits per heavy atom. The Bertz CT molecular complexity index is 966. The van der Waals surface area contributed by atoms with Gasteiger partial charge in [0.15, 0.2) is 17.0 Å². The topological polar surface area (TPSA) is 89.9 Å². The fourth-order valence-electron chi connectivity index (χ4n) is 2.84. The molecule has 0 aliphatic rings. The highest BCUT2D eigenvalue weighted by Gasteiger charge is 2.22. The lowest BCUT2D eigenvalue weighted by molar-refractivity contribution is 0.149. The Morgan fingerprint density at radius 1 is 1.31 bits per heavy atom. The first kappa shape index (κ1) is 18.0. The molecule has 3 rings (SSSR count). The molecule has 0 aliphatic carbocycles. The number of aliphatic hydroxyl groups is 1. The molecule has 0 saturated heterocycles. The van der Waals surface area contributed by atoms with Gasteiger partial charge in [0.2, 0.25) is 0 Å². The van der Waals surface area contributed by atoms with Crippen molar-refractivity contribution in [1.82, 2.24) is 19.5 Å². The molecule has 0 aliphatic heterocycles. The molecular weight excluding hydrogens is 333 g/mol. The number of hydrogen-bond acceptors (Lipinski definition) is 5. The second kappa shape index (κ2) is 7.21. The van der Waals surface area contributed by atoms with E-state index in [4.69, 9.17) is 5.73 Å². The standard InChI is InChI=1S/C19H22FN5O/c1-4-5-9-14(26)11(2)17-23-16(21)15-19(24-17)25(3)18(22-15)12-7-6-8-13(20)10-12/h4-8,10-11,14,26H,9H2,1-3H3,(H2,21,23,24)/b5-4+.